The van der Waals surface area contributed by atoms with Crippen molar-refractivity contribution in [1.29, 1.82) is 0 Å². The van der Waals surface area contributed by atoms with Crippen molar-refractivity contribution in [3.63, 3.8) is 0 Å². The van der Waals surface area contributed by atoms with Crippen LogP contribution in [0.25, 0.3) is 0 Å². The van der Waals surface area contributed by atoms with Crippen LogP contribution in [0.1, 0.15) is 20.8 Å². The van der Waals surface area contributed by atoms with E-state index in [1.807, 2.05) is 6.07 Å². The number of sulfonamides is 1. The number of hydrogen-bond acceptors (Lipinski definition) is 2. The Balaban J connectivity index is 2.98. The molecular weight excluding hydrogens is 278 g/mol. The van der Waals surface area contributed by atoms with Crippen molar-refractivity contribution in [2.75, 3.05) is 4.72 Å². The van der Waals surface area contributed by atoms with Gasteiger partial charge in [0.2, 0.25) is 10.0 Å². The van der Waals surface area contributed by atoms with Gasteiger partial charge in [0.05, 0.1) is 4.75 Å². The van der Waals surface area contributed by atoms with E-state index >= 15 is 0 Å². The Hall–Kier alpha value is -0.550. The first-order valence-corrected chi connectivity index (χ1v) is 6.78. The minimum absolute atomic E-state index is 0.569. The Morgan fingerprint density at radius 3 is 2.33 bits per heavy atom. The zero-order valence-corrected chi connectivity index (χ0v) is 11.3. The molecule has 5 heteroatoms. The van der Waals surface area contributed by atoms with Crippen LogP contribution in [0, 0.1) is 0 Å². The topological polar surface area (TPSA) is 46.2 Å². The molecule has 0 aliphatic carbocycles. The molecule has 1 aromatic carbocycles. The summed E-state index contributed by atoms with van der Waals surface area (Å²) in [4.78, 5) is 0. The fourth-order valence-electron chi connectivity index (χ4n) is 0.860. The van der Waals surface area contributed by atoms with Crippen LogP contribution in [-0.2, 0) is 10.0 Å². The summed E-state index contributed by atoms with van der Waals surface area (Å²) in [5.41, 5.74) is 0.569. The van der Waals surface area contributed by atoms with Gasteiger partial charge in [-0.2, -0.15) is 0 Å². The third-order valence-electron chi connectivity index (χ3n) is 1.88. The number of nitrogens with one attached hydrogen (secondary N) is 1. The van der Waals surface area contributed by atoms with Gasteiger partial charge in [0.1, 0.15) is 0 Å². The van der Waals surface area contributed by atoms with Gasteiger partial charge in [0.25, 0.3) is 0 Å². The summed E-state index contributed by atoms with van der Waals surface area (Å²) in [5.74, 6) is 0. The van der Waals surface area contributed by atoms with Gasteiger partial charge in [0.15, 0.2) is 0 Å². The standard InChI is InChI=1S/C10H14BrNO2S/c1-10(2,3)15(13,14)12-9-6-4-5-8(11)7-9/h4-7,12H,1-3H3. The summed E-state index contributed by atoms with van der Waals surface area (Å²) in [6, 6.07) is 7.07. The van der Waals surface area contributed by atoms with Crippen molar-refractivity contribution < 1.29 is 8.42 Å². The minimum Gasteiger partial charge on any atom is -0.283 e. The van der Waals surface area contributed by atoms with Gasteiger partial charge < -0.3 is 0 Å². The maximum absolute atomic E-state index is 11.8. The van der Waals surface area contributed by atoms with E-state index in [1.54, 1.807) is 39.0 Å². The summed E-state index contributed by atoms with van der Waals surface area (Å²) >= 11 is 3.29. The number of hydrogen-bond donors (Lipinski definition) is 1. The highest BCUT2D eigenvalue weighted by Crippen LogP contribution is 2.21. The first-order valence-electron chi connectivity index (χ1n) is 4.50. The Bertz CT molecular complexity index is 449. The fraction of sp³-hybridized carbons (Fsp3) is 0.400. The summed E-state index contributed by atoms with van der Waals surface area (Å²) in [5, 5.41) is 0. The van der Waals surface area contributed by atoms with Gasteiger partial charge in [-0.3, -0.25) is 4.72 Å². The molecule has 0 aliphatic heterocycles. The molecule has 1 aromatic rings. The molecule has 84 valence electrons. The molecule has 0 atom stereocenters. The average Bonchev–Trinajstić information content (AvgIpc) is 2.00. The molecule has 1 N–H and O–H groups in total. The molecule has 15 heavy (non-hydrogen) atoms. The van der Waals surface area contributed by atoms with E-state index in [1.165, 1.54) is 0 Å². The van der Waals surface area contributed by atoms with Crippen LogP contribution in [0.3, 0.4) is 0 Å². The molecule has 0 aliphatic rings. The second kappa shape index (κ2) is 4.14. The summed E-state index contributed by atoms with van der Waals surface area (Å²) in [6.45, 7) is 4.98. The van der Waals surface area contributed by atoms with E-state index in [-0.39, 0.29) is 0 Å². The Labute approximate surface area is 99.1 Å². The van der Waals surface area contributed by atoms with Crippen LogP contribution in [0.15, 0.2) is 28.7 Å². The monoisotopic (exact) mass is 291 g/mol. The molecule has 0 saturated carbocycles. The average molecular weight is 292 g/mol. The summed E-state index contributed by atoms with van der Waals surface area (Å²) < 4.78 is 26.2. The van der Waals surface area contributed by atoms with Gasteiger partial charge in [-0.1, -0.05) is 22.0 Å². The lowest BCUT2D eigenvalue weighted by atomic mass is 10.3. The van der Waals surface area contributed by atoms with E-state index in [0.717, 1.165) is 4.47 Å². The molecule has 0 heterocycles. The lowest BCUT2D eigenvalue weighted by Gasteiger charge is -2.20. The van der Waals surface area contributed by atoms with Gasteiger partial charge in [-0.25, -0.2) is 8.42 Å². The molecule has 0 spiro atoms. The number of rotatable bonds is 2. The first kappa shape index (κ1) is 12.5. The molecule has 0 unspecified atom stereocenters. The largest absolute Gasteiger partial charge is 0.283 e. The Morgan fingerprint density at radius 1 is 1.27 bits per heavy atom. The SMILES string of the molecule is CC(C)(C)S(=O)(=O)Nc1cccc(Br)c1. The molecule has 0 bridgehead atoms. The molecular formula is C10H14BrNO2S. The van der Waals surface area contributed by atoms with Crippen LogP contribution in [-0.4, -0.2) is 13.2 Å². The van der Waals surface area contributed by atoms with E-state index in [9.17, 15) is 8.42 Å². The van der Waals surface area contributed by atoms with E-state index < -0.39 is 14.8 Å². The lowest BCUT2D eigenvalue weighted by Crippen LogP contribution is -2.33. The number of halogens is 1. The quantitative estimate of drug-likeness (QED) is 0.910. The van der Waals surface area contributed by atoms with Crippen molar-refractivity contribution >= 4 is 31.6 Å². The molecule has 0 aromatic heterocycles. The van der Waals surface area contributed by atoms with Crippen molar-refractivity contribution in [2.24, 2.45) is 0 Å². The fourth-order valence-corrected chi connectivity index (χ4v) is 2.00. The summed E-state index contributed by atoms with van der Waals surface area (Å²) in [6.07, 6.45) is 0. The lowest BCUT2D eigenvalue weighted by molar-refractivity contribution is 0.566. The van der Waals surface area contributed by atoms with E-state index in [2.05, 4.69) is 20.7 Å². The normalized spacial score (nSPS) is 12.5. The van der Waals surface area contributed by atoms with Gasteiger partial charge in [0, 0.05) is 10.2 Å². The minimum atomic E-state index is -3.34. The predicted octanol–water partition coefficient (Wildman–Crippen LogP) is 2.99. The second-order valence-corrected chi connectivity index (χ2v) is 7.58. The van der Waals surface area contributed by atoms with Gasteiger partial charge in [-0.05, 0) is 39.0 Å². The second-order valence-electron chi connectivity index (χ2n) is 4.23. The van der Waals surface area contributed by atoms with Gasteiger partial charge in [-0.15, -0.1) is 0 Å². The smallest absolute Gasteiger partial charge is 0.237 e. The van der Waals surface area contributed by atoms with Crippen LogP contribution in [0.5, 0.6) is 0 Å². The van der Waals surface area contributed by atoms with Gasteiger partial charge >= 0.3 is 0 Å². The Kier molecular flexibility index (Phi) is 3.45. The maximum atomic E-state index is 11.8. The number of benzene rings is 1. The number of anilines is 1. The molecule has 0 saturated heterocycles. The predicted molar refractivity (Wildman–Crippen MR) is 66.4 cm³/mol. The molecule has 0 amide bonds. The van der Waals surface area contributed by atoms with Crippen molar-refractivity contribution in [3.8, 4) is 0 Å². The Morgan fingerprint density at radius 2 is 1.87 bits per heavy atom. The van der Waals surface area contributed by atoms with Crippen LogP contribution >= 0.6 is 15.9 Å². The highest BCUT2D eigenvalue weighted by atomic mass is 79.9. The zero-order valence-electron chi connectivity index (χ0n) is 8.91. The van der Waals surface area contributed by atoms with Crippen molar-refractivity contribution in [1.82, 2.24) is 0 Å². The third kappa shape index (κ3) is 3.21. The first-order chi connectivity index (χ1) is 6.72. The van der Waals surface area contributed by atoms with Crippen molar-refractivity contribution in [3.05, 3.63) is 28.7 Å². The molecule has 3 nitrogen and oxygen atoms in total. The zero-order chi connectivity index (χ0) is 11.7. The highest BCUT2D eigenvalue weighted by molar-refractivity contribution is 9.10. The third-order valence-corrected chi connectivity index (χ3v) is 4.49. The van der Waals surface area contributed by atoms with E-state index in [0.29, 0.717) is 5.69 Å². The maximum Gasteiger partial charge on any atom is 0.237 e. The van der Waals surface area contributed by atoms with Crippen LogP contribution < -0.4 is 4.72 Å². The van der Waals surface area contributed by atoms with Crippen LogP contribution in [0.2, 0.25) is 0 Å². The van der Waals surface area contributed by atoms with E-state index in [4.69, 9.17) is 0 Å². The molecule has 0 fully saturated rings. The molecule has 0 radical (unpaired) electrons. The van der Waals surface area contributed by atoms with Crippen LogP contribution in [0.4, 0.5) is 5.69 Å². The summed E-state index contributed by atoms with van der Waals surface area (Å²) in [7, 11) is -3.34. The highest BCUT2D eigenvalue weighted by Gasteiger charge is 2.28. The molecule has 1 rings (SSSR count). The van der Waals surface area contributed by atoms with Crippen molar-refractivity contribution in [2.45, 2.75) is 25.5 Å².